The number of nitrogens with one attached hydrogen (secondary N) is 1. The minimum absolute atomic E-state index is 0.0959. The minimum atomic E-state index is 0.0959. The number of ether oxygens (including phenoxy) is 1. The Morgan fingerprint density at radius 1 is 1.53 bits per heavy atom. The van der Waals surface area contributed by atoms with Crippen LogP contribution in [0.2, 0.25) is 0 Å². The third-order valence-corrected chi connectivity index (χ3v) is 2.93. The second-order valence-electron chi connectivity index (χ2n) is 4.47. The molecule has 0 spiro atoms. The van der Waals surface area contributed by atoms with E-state index < -0.39 is 0 Å². The largest absolute Gasteiger partial charge is 0.381 e. The maximum Gasteiger partial charge on any atom is 0.225 e. The summed E-state index contributed by atoms with van der Waals surface area (Å²) in [7, 11) is 0. The number of amides is 1. The van der Waals surface area contributed by atoms with Gasteiger partial charge in [0.15, 0.2) is 0 Å². The van der Waals surface area contributed by atoms with E-state index in [0.29, 0.717) is 12.6 Å². The van der Waals surface area contributed by atoms with Crippen LogP contribution in [0.4, 0.5) is 0 Å². The van der Waals surface area contributed by atoms with Gasteiger partial charge in [0.25, 0.3) is 0 Å². The highest BCUT2D eigenvalue weighted by Gasteiger charge is 2.24. The summed E-state index contributed by atoms with van der Waals surface area (Å²) >= 11 is 0. The zero-order valence-corrected chi connectivity index (χ0v) is 9.92. The zero-order valence-electron chi connectivity index (χ0n) is 9.92. The maximum atomic E-state index is 11.7. The molecular weight excluding hydrogens is 190 g/mol. The van der Waals surface area contributed by atoms with Gasteiger partial charge in [-0.15, -0.1) is 0 Å². The normalized spacial score (nSPS) is 22.7. The molecule has 1 N–H and O–H groups in total. The van der Waals surface area contributed by atoms with Crippen molar-refractivity contribution in [1.29, 1.82) is 0 Å². The molecule has 1 fully saturated rings. The van der Waals surface area contributed by atoms with E-state index in [-0.39, 0.29) is 11.8 Å². The molecule has 0 unspecified atom stereocenters. The molecular formula is C12H23NO2. The Balaban J connectivity index is 2.13. The van der Waals surface area contributed by atoms with Crippen molar-refractivity contribution >= 4 is 5.91 Å². The van der Waals surface area contributed by atoms with Gasteiger partial charge in [0.1, 0.15) is 0 Å². The third kappa shape index (κ3) is 4.65. The van der Waals surface area contributed by atoms with E-state index in [9.17, 15) is 4.79 Å². The van der Waals surface area contributed by atoms with Crippen LogP contribution in [0.5, 0.6) is 0 Å². The zero-order chi connectivity index (χ0) is 11.1. The molecule has 0 aromatic rings. The predicted octanol–water partition coefficient (Wildman–Crippen LogP) is 2.11. The van der Waals surface area contributed by atoms with E-state index in [0.717, 1.165) is 19.4 Å². The van der Waals surface area contributed by atoms with Crippen LogP contribution >= 0.6 is 0 Å². The molecule has 0 aromatic carbocycles. The summed E-state index contributed by atoms with van der Waals surface area (Å²) < 4.78 is 5.20. The van der Waals surface area contributed by atoms with E-state index in [4.69, 9.17) is 4.74 Å². The molecule has 3 nitrogen and oxygen atoms in total. The molecule has 88 valence electrons. The quantitative estimate of drug-likeness (QED) is 0.686. The first-order valence-corrected chi connectivity index (χ1v) is 6.12. The lowest BCUT2D eigenvalue weighted by Crippen LogP contribution is -2.37. The van der Waals surface area contributed by atoms with Crippen LogP contribution in [0.15, 0.2) is 0 Å². The molecule has 0 aromatic heterocycles. The second kappa shape index (κ2) is 6.83. The van der Waals surface area contributed by atoms with E-state index in [1.165, 1.54) is 19.3 Å². The first-order valence-electron chi connectivity index (χ1n) is 6.12. The molecule has 15 heavy (non-hydrogen) atoms. The summed E-state index contributed by atoms with van der Waals surface area (Å²) in [6.45, 7) is 5.62. The Morgan fingerprint density at radius 3 is 2.93 bits per heavy atom. The topological polar surface area (TPSA) is 38.3 Å². The first kappa shape index (κ1) is 12.5. The molecule has 0 aliphatic carbocycles. The van der Waals surface area contributed by atoms with Crippen molar-refractivity contribution in [1.82, 2.24) is 5.32 Å². The fourth-order valence-electron chi connectivity index (χ4n) is 1.87. The van der Waals surface area contributed by atoms with Crippen molar-refractivity contribution in [2.45, 2.75) is 52.0 Å². The third-order valence-electron chi connectivity index (χ3n) is 2.93. The van der Waals surface area contributed by atoms with Crippen molar-refractivity contribution in [2.75, 3.05) is 13.2 Å². The highest BCUT2D eigenvalue weighted by atomic mass is 16.5. The van der Waals surface area contributed by atoms with Gasteiger partial charge in [-0.05, 0) is 19.8 Å². The number of rotatable bonds is 6. The van der Waals surface area contributed by atoms with Crippen LogP contribution in [0.3, 0.4) is 0 Å². The number of carbonyl (C=O) groups is 1. The van der Waals surface area contributed by atoms with Crippen LogP contribution in [-0.2, 0) is 9.53 Å². The molecule has 1 amide bonds. The smallest absolute Gasteiger partial charge is 0.225 e. The first-order chi connectivity index (χ1) is 7.24. The van der Waals surface area contributed by atoms with Gasteiger partial charge in [-0.25, -0.2) is 0 Å². The SMILES string of the molecule is CCCCC[C@@H](C)NC(=O)[C@@H]1CCOC1. The fraction of sp³-hybridized carbons (Fsp3) is 0.917. The lowest BCUT2D eigenvalue weighted by molar-refractivity contribution is -0.125. The summed E-state index contributed by atoms with van der Waals surface area (Å²) in [5, 5.41) is 3.06. The van der Waals surface area contributed by atoms with Gasteiger partial charge < -0.3 is 10.1 Å². The molecule has 0 radical (unpaired) electrons. The van der Waals surface area contributed by atoms with Crippen LogP contribution in [-0.4, -0.2) is 25.2 Å². The van der Waals surface area contributed by atoms with Crippen molar-refractivity contribution < 1.29 is 9.53 Å². The Bertz CT molecular complexity index is 188. The lowest BCUT2D eigenvalue weighted by atomic mass is 10.1. The number of hydrogen-bond acceptors (Lipinski definition) is 2. The Kier molecular flexibility index (Phi) is 5.69. The van der Waals surface area contributed by atoms with E-state index >= 15 is 0 Å². The average molecular weight is 213 g/mol. The molecule has 3 heteroatoms. The lowest BCUT2D eigenvalue weighted by Gasteiger charge is -2.16. The summed E-state index contributed by atoms with van der Waals surface area (Å²) in [6.07, 6.45) is 5.67. The number of carbonyl (C=O) groups excluding carboxylic acids is 1. The van der Waals surface area contributed by atoms with E-state index in [1.54, 1.807) is 0 Å². The van der Waals surface area contributed by atoms with Crippen LogP contribution in [0.25, 0.3) is 0 Å². The molecule has 2 atom stereocenters. The summed E-state index contributed by atoms with van der Waals surface area (Å²) in [4.78, 5) is 11.7. The van der Waals surface area contributed by atoms with Gasteiger partial charge in [-0.2, -0.15) is 0 Å². The molecule has 1 heterocycles. The molecule has 0 bridgehead atoms. The van der Waals surface area contributed by atoms with E-state index in [2.05, 4.69) is 19.2 Å². The highest BCUT2D eigenvalue weighted by Crippen LogP contribution is 2.13. The maximum absolute atomic E-state index is 11.7. The fourth-order valence-corrected chi connectivity index (χ4v) is 1.87. The monoisotopic (exact) mass is 213 g/mol. The molecule has 1 saturated heterocycles. The van der Waals surface area contributed by atoms with Crippen molar-refractivity contribution in [2.24, 2.45) is 5.92 Å². The van der Waals surface area contributed by atoms with Gasteiger partial charge in [-0.3, -0.25) is 4.79 Å². The van der Waals surface area contributed by atoms with Crippen LogP contribution in [0.1, 0.15) is 46.0 Å². The Morgan fingerprint density at radius 2 is 2.33 bits per heavy atom. The second-order valence-corrected chi connectivity index (χ2v) is 4.47. The van der Waals surface area contributed by atoms with Crippen molar-refractivity contribution in [3.63, 3.8) is 0 Å². The van der Waals surface area contributed by atoms with Gasteiger partial charge in [0.05, 0.1) is 12.5 Å². The number of hydrogen-bond donors (Lipinski definition) is 1. The van der Waals surface area contributed by atoms with E-state index in [1.807, 2.05) is 0 Å². The van der Waals surface area contributed by atoms with Gasteiger partial charge in [0.2, 0.25) is 5.91 Å². The number of unbranched alkanes of at least 4 members (excludes halogenated alkanes) is 2. The molecule has 0 saturated carbocycles. The van der Waals surface area contributed by atoms with Crippen molar-refractivity contribution in [3.05, 3.63) is 0 Å². The molecule has 1 rings (SSSR count). The Hall–Kier alpha value is -0.570. The molecule has 1 aliphatic rings. The summed E-state index contributed by atoms with van der Waals surface area (Å²) in [5.41, 5.74) is 0. The summed E-state index contributed by atoms with van der Waals surface area (Å²) in [6, 6.07) is 0.310. The summed E-state index contributed by atoms with van der Waals surface area (Å²) in [5.74, 6) is 0.273. The van der Waals surface area contributed by atoms with Crippen LogP contribution < -0.4 is 5.32 Å². The van der Waals surface area contributed by atoms with Gasteiger partial charge in [-0.1, -0.05) is 26.2 Å². The van der Waals surface area contributed by atoms with Crippen molar-refractivity contribution in [3.8, 4) is 0 Å². The van der Waals surface area contributed by atoms with Crippen LogP contribution in [0, 0.1) is 5.92 Å². The van der Waals surface area contributed by atoms with Gasteiger partial charge >= 0.3 is 0 Å². The Labute approximate surface area is 92.6 Å². The minimum Gasteiger partial charge on any atom is -0.381 e. The highest BCUT2D eigenvalue weighted by molar-refractivity contribution is 5.79. The van der Waals surface area contributed by atoms with Gasteiger partial charge in [0, 0.05) is 12.6 Å². The predicted molar refractivity (Wildman–Crippen MR) is 60.7 cm³/mol. The average Bonchev–Trinajstić information content (AvgIpc) is 2.70. The standard InChI is InChI=1S/C12H23NO2/c1-3-4-5-6-10(2)13-12(14)11-7-8-15-9-11/h10-11H,3-9H2,1-2H3,(H,13,14)/t10-,11-/m1/s1. The molecule has 1 aliphatic heterocycles.